The SMILES string of the molecule is Cc1cc(S(=O)(=O)NCC(=O)N2CCCC2)ccc1Cl. The standard InChI is InChI=1S/C13H17ClN2O3S/c1-10-8-11(4-5-12(10)14)20(18,19)15-9-13(17)16-6-2-3-7-16/h4-5,8,15H,2-3,6-7,9H2,1H3. The highest BCUT2D eigenvalue weighted by Crippen LogP contribution is 2.19. The molecular formula is C13H17ClN2O3S. The number of hydrogen-bond donors (Lipinski definition) is 1. The van der Waals surface area contributed by atoms with Gasteiger partial charge in [0.25, 0.3) is 0 Å². The minimum absolute atomic E-state index is 0.119. The van der Waals surface area contributed by atoms with Crippen LogP contribution >= 0.6 is 11.6 Å². The maximum Gasteiger partial charge on any atom is 0.241 e. The molecule has 1 aromatic rings. The summed E-state index contributed by atoms with van der Waals surface area (Å²) >= 11 is 5.87. The molecule has 110 valence electrons. The van der Waals surface area contributed by atoms with E-state index >= 15 is 0 Å². The van der Waals surface area contributed by atoms with E-state index in [1.807, 2.05) is 0 Å². The van der Waals surface area contributed by atoms with Crippen LogP contribution in [0.1, 0.15) is 18.4 Å². The van der Waals surface area contributed by atoms with Crippen LogP contribution < -0.4 is 4.72 Å². The van der Waals surface area contributed by atoms with Crippen molar-refractivity contribution >= 4 is 27.5 Å². The monoisotopic (exact) mass is 316 g/mol. The van der Waals surface area contributed by atoms with E-state index in [2.05, 4.69) is 4.72 Å². The lowest BCUT2D eigenvalue weighted by atomic mass is 10.2. The summed E-state index contributed by atoms with van der Waals surface area (Å²) in [6.07, 6.45) is 1.96. The topological polar surface area (TPSA) is 66.5 Å². The lowest BCUT2D eigenvalue weighted by Gasteiger charge is -2.15. The van der Waals surface area contributed by atoms with E-state index in [0.717, 1.165) is 12.8 Å². The Labute approximate surface area is 124 Å². The van der Waals surface area contributed by atoms with Crippen molar-refractivity contribution in [2.24, 2.45) is 0 Å². The largest absolute Gasteiger partial charge is 0.342 e. The molecule has 0 aromatic heterocycles. The Morgan fingerprint density at radius 3 is 2.60 bits per heavy atom. The smallest absolute Gasteiger partial charge is 0.241 e. The van der Waals surface area contributed by atoms with E-state index in [1.54, 1.807) is 11.8 Å². The van der Waals surface area contributed by atoms with Gasteiger partial charge in [0.05, 0.1) is 11.4 Å². The number of carbonyl (C=O) groups is 1. The van der Waals surface area contributed by atoms with Gasteiger partial charge in [0.1, 0.15) is 0 Å². The number of benzene rings is 1. The van der Waals surface area contributed by atoms with Crippen LogP contribution in [0.5, 0.6) is 0 Å². The van der Waals surface area contributed by atoms with Crippen LogP contribution in [0.15, 0.2) is 23.1 Å². The Morgan fingerprint density at radius 1 is 1.35 bits per heavy atom. The third-order valence-corrected chi connectivity index (χ3v) is 5.13. The average molecular weight is 317 g/mol. The molecule has 0 saturated carbocycles. The summed E-state index contributed by atoms with van der Waals surface area (Å²) in [5.74, 6) is -0.184. The Bertz CT molecular complexity index is 610. The molecule has 1 fully saturated rings. The summed E-state index contributed by atoms with van der Waals surface area (Å²) < 4.78 is 26.5. The second-order valence-corrected chi connectivity index (χ2v) is 7.00. The zero-order valence-electron chi connectivity index (χ0n) is 11.2. The van der Waals surface area contributed by atoms with Gasteiger partial charge < -0.3 is 4.90 Å². The number of carbonyl (C=O) groups excluding carboxylic acids is 1. The van der Waals surface area contributed by atoms with Crippen molar-refractivity contribution in [3.05, 3.63) is 28.8 Å². The van der Waals surface area contributed by atoms with Crippen molar-refractivity contribution < 1.29 is 13.2 Å². The summed E-state index contributed by atoms with van der Waals surface area (Å²) in [6.45, 7) is 2.95. The van der Waals surface area contributed by atoms with Gasteiger partial charge in [0.15, 0.2) is 0 Å². The molecule has 0 unspecified atom stereocenters. The Balaban J connectivity index is 2.03. The van der Waals surface area contributed by atoms with E-state index in [4.69, 9.17) is 11.6 Å². The van der Waals surface area contributed by atoms with E-state index in [9.17, 15) is 13.2 Å². The van der Waals surface area contributed by atoms with Crippen molar-refractivity contribution in [2.45, 2.75) is 24.7 Å². The number of hydrogen-bond acceptors (Lipinski definition) is 3. The van der Waals surface area contributed by atoms with Gasteiger partial charge in [-0.3, -0.25) is 4.79 Å². The van der Waals surface area contributed by atoms with Crippen LogP contribution in [-0.4, -0.2) is 38.9 Å². The molecule has 0 spiro atoms. The fourth-order valence-corrected chi connectivity index (χ4v) is 3.28. The summed E-state index contributed by atoms with van der Waals surface area (Å²) in [4.78, 5) is 13.6. The highest BCUT2D eigenvalue weighted by Gasteiger charge is 2.21. The third kappa shape index (κ3) is 3.50. The number of nitrogens with zero attached hydrogens (tertiary/aromatic N) is 1. The molecule has 0 atom stereocenters. The molecule has 1 amide bonds. The molecular weight excluding hydrogens is 300 g/mol. The molecule has 1 aliphatic rings. The molecule has 20 heavy (non-hydrogen) atoms. The van der Waals surface area contributed by atoms with Crippen LogP contribution in [0.25, 0.3) is 0 Å². The Hall–Kier alpha value is -1.11. The van der Waals surface area contributed by atoms with Gasteiger partial charge in [0.2, 0.25) is 15.9 Å². The zero-order chi connectivity index (χ0) is 14.8. The number of halogens is 1. The first kappa shape index (κ1) is 15.3. The van der Waals surface area contributed by atoms with E-state index in [0.29, 0.717) is 23.7 Å². The summed E-state index contributed by atoms with van der Waals surface area (Å²) in [5.41, 5.74) is 0.681. The molecule has 1 saturated heterocycles. The van der Waals surface area contributed by atoms with Crippen molar-refractivity contribution in [1.82, 2.24) is 9.62 Å². The molecule has 0 bridgehead atoms. The first-order chi connectivity index (χ1) is 9.40. The Morgan fingerprint density at radius 2 is 2.00 bits per heavy atom. The summed E-state index contributed by atoms with van der Waals surface area (Å²) in [6, 6.07) is 4.46. The van der Waals surface area contributed by atoms with E-state index in [-0.39, 0.29) is 17.3 Å². The van der Waals surface area contributed by atoms with Crippen LogP contribution in [0.3, 0.4) is 0 Å². The molecule has 1 aliphatic heterocycles. The van der Waals surface area contributed by atoms with Crippen LogP contribution in [0.4, 0.5) is 0 Å². The number of sulfonamides is 1. The Kier molecular flexibility index (Phi) is 4.67. The molecule has 7 heteroatoms. The first-order valence-electron chi connectivity index (χ1n) is 6.44. The predicted molar refractivity (Wildman–Crippen MR) is 77.2 cm³/mol. The molecule has 0 aliphatic carbocycles. The molecule has 2 rings (SSSR count). The summed E-state index contributed by atoms with van der Waals surface area (Å²) in [5, 5.41) is 0.511. The van der Waals surface area contributed by atoms with Crippen molar-refractivity contribution in [1.29, 1.82) is 0 Å². The van der Waals surface area contributed by atoms with Gasteiger partial charge in [-0.25, -0.2) is 13.1 Å². The lowest BCUT2D eigenvalue weighted by molar-refractivity contribution is -0.128. The normalized spacial score (nSPS) is 15.6. The average Bonchev–Trinajstić information content (AvgIpc) is 2.93. The second-order valence-electron chi connectivity index (χ2n) is 4.82. The summed E-state index contributed by atoms with van der Waals surface area (Å²) in [7, 11) is -3.68. The highest BCUT2D eigenvalue weighted by molar-refractivity contribution is 7.89. The lowest BCUT2D eigenvalue weighted by Crippen LogP contribution is -2.38. The minimum Gasteiger partial charge on any atom is -0.342 e. The third-order valence-electron chi connectivity index (χ3n) is 3.31. The van der Waals surface area contributed by atoms with Gasteiger partial charge in [-0.15, -0.1) is 0 Å². The van der Waals surface area contributed by atoms with Gasteiger partial charge in [-0.05, 0) is 43.5 Å². The highest BCUT2D eigenvalue weighted by atomic mass is 35.5. The molecule has 1 heterocycles. The maximum atomic E-state index is 12.1. The van der Waals surface area contributed by atoms with E-state index < -0.39 is 10.0 Å². The fraction of sp³-hybridized carbons (Fsp3) is 0.462. The number of aryl methyl sites for hydroxylation is 1. The van der Waals surface area contributed by atoms with Crippen molar-refractivity contribution in [3.63, 3.8) is 0 Å². The van der Waals surface area contributed by atoms with Crippen molar-refractivity contribution in [3.8, 4) is 0 Å². The van der Waals surface area contributed by atoms with Gasteiger partial charge in [-0.2, -0.15) is 0 Å². The quantitative estimate of drug-likeness (QED) is 0.916. The van der Waals surface area contributed by atoms with Gasteiger partial charge in [0, 0.05) is 18.1 Å². The van der Waals surface area contributed by atoms with Crippen LogP contribution in [0, 0.1) is 6.92 Å². The molecule has 1 N–H and O–H groups in total. The predicted octanol–water partition coefficient (Wildman–Crippen LogP) is 1.55. The number of likely N-dealkylation sites (tertiary alicyclic amines) is 1. The number of amides is 1. The fourth-order valence-electron chi connectivity index (χ4n) is 2.10. The van der Waals surface area contributed by atoms with Gasteiger partial charge >= 0.3 is 0 Å². The molecule has 1 aromatic carbocycles. The number of rotatable bonds is 4. The minimum atomic E-state index is -3.68. The molecule has 0 radical (unpaired) electrons. The molecule has 5 nitrogen and oxygen atoms in total. The maximum absolute atomic E-state index is 12.1. The second kappa shape index (κ2) is 6.11. The number of nitrogens with one attached hydrogen (secondary N) is 1. The van der Waals surface area contributed by atoms with Crippen LogP contribution in [0.2, 0.25) is 5.02 Å². The van der Waals surface area contributed by atoms with Gasteiger partial charge in [-0.1, -0.05) is 11.6 Å². The first-order valence-corrected chi connectivity index (χ1v) is 8.30. The zero-order valence-corrected chi connectivity index (χ0v) is 12.8. The van der Waals surface area contributed by atoms with Crippen molar-refractivity contribution in [2.75, 3.05) is 19.6 Å². The van der Waals surface area contributed by atoms with Crippen LogP contribution in [-0.2, 0) is 14.8 Å². The van der Waals surface area contributed by atoms with E-state index in [1.165, 1.54) is 18.2 Å².